The normalized spacial score (nSPS) is 18.0. The number of benzene rings is 1. The maximum Gasteiger partial charge on any atom is 0.227 e. The highest BCUT2D eigenvalue weighted by Crippen LogP contribution is 2.30. The average Bonchev–Trinajstić information content (AvgIpc) is 2.55. The Bertz CT molecular complexity index is 580. The van der Waals surface area contributed by atoms with Crippen LogP contribution in [0.3, 0.4) is 0 Å². The van der Waals surface area contributed by atoms with E-state index in [1.54, 1.807) is 11.8 Å². The van der Waals surface area contributed by atoms with E-state index in [1.807, 2.05) is 16.7 Å². The largest absolute Gasteiger partial charge is 0.339 e. The fourth-order valence-corrected chi connectivity index (χ4v) is 4.10. The van der Waals surface area contributed by atoms with Crippen molar-refractivity contribution in [2.75, 3.05) is 31.9 Å². The van der Waals surface area contributed by atoms with Gasteiger partial charge in [-0.3, -0.25) is 9.59 Å². The second-order valence-electron chi connectivity index (χ2n) is 5.96. The summed E-state index contributed by atoms with van der Waals surface area (Å²) < 4.78 is 0. The van der Waals surface area contributed by atoms with Crippen LogP contribution in [-0.2, 0) is 22.4 Å². The number of fused-ring (bicyclic) bond motifs is 1. The van der Waals surface area contributed by atoms with Crippen LogP contribution in [-0.4, -0.2) is 53.5 Å². The molecule has 0 atom stereocenters. The zero-order valence-corrected chi connectivity index (χ0v) is 13.8. The lowest BCUT2D eigenvalue weighted by Crippen LogP contribution is -2.50. The van der Waals surface area contributed by atoms with Crippen molar-refractivity contribution in [2.24, 2.45) is 0 Å². The molecular weight excluding hydrogens is 296 g/mol. The quantitative estimate of drug-likeness (QED) is 0.837. The Hall–Kier alpha value is -1.49. The van der Waals surface area contributed by atoms with Crippen LogP contribution in [0.4, 0.5) is 0 Å². The molecule has 2 heterocycles. The number of hydrogen-bond donors (Lipinski definition) is 0. The Morgan fingerprint density at radius 1 is 1.14 bits per heavy atom. The summed E-state index contributed by atoms with van der Waals surface area (Å²) in [6.45, 7) is 4.20. The summed E-state index contributed by atoms with van der Waals surface area (Å²) in [6.07, 6.45) is 2.82. The molecule has 1 saturated heterocycles. The lowest BCUT2D eigenvalue weighted by Gasteiger charge is -2.34. The standard InChI is InChI=1S/C17H22N2O2S/c1-13(20)18-6-8-19(9-7-18)17(21)12-14-4-5-16-15(11-14)3-2-10-22-16/h4-5,11H,2-3,6-10,12H2,1H3. The maximum atomic E-state index is 12.4. The molecule has 0 N–H and O–H groups in total. The zero-order valence-electron chi connectivity index (χ0n) is 13.0. The van der Waals surface area contributed by atoms with E-state index in [0.29, 0.717) is 32.6 Å². The van der Waals surface area contributed by atoms with E-state index < -0.39 is 0 Å². The van der Waals surface area contributed by atoms with Crippen molar-refractivity contribution >= 4 is 23.6 Å². The number of hydrogen-bond acceptors (Lipinski definition) is 3. The summed E-state index contributed by atoms with van der Waals surface area (Å²) in [5.41, 5.74) is 2.50. The van der Waals surface area contributed by atoms with Gasteiger partial charge in [0.15, 0.2) is 0 Å². The number of thioether (sulfide) groups is 1. The molecule has 2 aliphatic heterocycles. The molecule has 2 aliphatic rings. The van der Waals surface area contributed by atoms with Gasteiger partial charge in [-0.25, -0.2) is 0 Å². The minimum absolute atomic E-state index is 0.0966. The predicted octanol–water partition coefficient (Wildman–Crippen LogP) is 1.96. The molecule has 2 amide bonds. The molecule has 5 heteroatoms. The van der Waals surface area contributed by atoms with Gasteiger partial charge in [0.2, 0.25) is 11.8 Å². The SMILES string of the molecule is CC(=O)N1CCN(C(=O)Cc2ccc3c(c2)CCCS3)CC1. The Labute approximate surface area is 135 Å². The Kier molecular flexibility index (Phi) is 4.71. The highest BCUT2D eigenvalue weighted by molar-refractivity contribution is 7.99. The van der Waals surface area contributed by atoms with Gasteiger partial charge in [-0.1, -0.05) is 12.1 Å². The maximum absolute atomic E-state index is 12.4. The van der Waals surface area contributed by atoms with E-state index in [-0.39, 0.29) is 11.8 Å². The first kappa shape index (κ1) is 15.4. The third-order valence-corrected chi connectivity index (χ3v) is 5.61. The van der Waals surface area contributed by atoms with Crippen LogP contribution >= 0.6 is 11.8 Å². The molecule has 0 radical (unpaired) electrons. The number of carbonyl (C=O) groups is 2. The Balaban J connectivity index is 1.59. The van der Waals surface area contributed by atoms with E-state index in [1.165, 1.54) is 22.6 Å². The van der Waals surface area contributed by atoms with E-state index in [9.17, 15) is 9.59 Å². The molecule has 0 aliphatic carbocycles. The predicted molar refractivity (Wildman–Crippen MR) is 88.0 cm³/mol. The molecular formula is C17H22N2O2S. The number of amides is 2. The molecule has 118 valence electrons. The van der Waals surface area contributed by atoms with Crippen LogP contribution in [0.5, 0.6) is 0 Å². The Morgan fingerprint density at radius 3 is 2.59 bits per heavy atom. The molecule has 1 aromatic rings. The lowest BCUT2D eigenvalue weighted by molar-refractivity contribution is -0.138. The summed E-state index contributed by atoms with van der Waals surface area (Å²) >= 11 is 1.91. The van der Waals surface area contributed by atoms with Crippen molar-refractivity contribution in [3.8, 4) is 0 Å². The summed E-state index contributed by atoms with van der Waals surface area (Å²) in [5.74, 6) is 1.47. The van der Waals surface area contributed by atoms with Crippen LogP contribution in [0, 0.1) is 0 Å². The molecule has 4 nitrogen and oxygen atoms in total. The number of nitrogens with zero attached hydrogens (tertiary/aromatic N) is 2. The fraction of sp³-hybridized carbons (Fsp3) is 0.529. The smallest absolute Gasteiger partial charge is 0.227 e. The lowest BCUT2D eigenvalue weighted by atomic mass is 10.0. The van der Waals surface area contributed by atoms with Crippen molar-refractivity contribution in [3.05, 3.63) is 29.3 Å². The van der Waals surface area contributed by atoms with Crippen molar-refractivity contribution in [2.45, 2.75) is 31.1 Å². The first-order valence-electron chi connectivity index (χ1n) is 7.91. The molecule has 1 aromatic carbocycles. The van der Waals surface area contributed by atoms with Crippen LogP contribution in [0.25, 0.3) is 0 Å². The molecule has 0 saturated carbocycles. The Morgan fingerprint density at radius 2 is 1.86 bits per heavy atom. The number of piperazine rings is 1. The first-order valence-corrected chi connectivity index (χ1v) is 8.90. The summed E-state index contributed by atoms with van der Waals surface area (Å²) in [5, 5.41) is 0. The van der Waals surface area contributed by atoms with E-state index in [0.717, 1.165) is 12.0 Å². The highest BCUT2D eigenvalue weighted by Gasteiger charge is 2.22. The van der Waals surface area contributed by atoms with Gasteiger partial charge < -0.3 is 9.80 Å². The second-order valence-corrected chi connectivity index (χ2v) is 7.09. The van der Waals surface area contributed by atoms with Gasteiger partial charge in [-0.2, -0.15) is 0 Å². The van der Waals surface area contributed by atoms with Crippen molar-refractivity contribution in [3.63, 3.8) is 0 Å². The second kappa shape index (κ2) is 6.73. The summed E-state index contributed by atoms with van der Waals surface area (Å²) in [7, 11) is 0. The topological polar surface area (TPSA) is 40.6 Å². The fourth-order valence-electron chi connectivity index (χ4n) is 3.08. The number of aryl methyl sites for hydroxylation is 1. The van der Waals surface area contributed by atoms with Crippen LogP contribution in [0.2, 0.25) is 0 Å². The van der Waals surface area contributed by atoms with E-state index in [4.69, 9.17) is 0 Å². The molecule has 0 unspecified atom stereocenters. The monoisotopic (exact) mass is 318 g/mol. The molecule has 22 heavy (non-hydrogen) atoms. The molecule has 0 spiro atoms. The zero-order chi connectivity index (χ0) is 15.5. The molecule has 3 rings (SSSR count). The number of carbonyl (C=O) groups excluding carboxylic acids is 2. The van der Waals surface area contributed by atoms with Gasteiger partial charge in [-0.05, 0) is 35.8 Å². The van der Waals surface area contributed by atoms with Crippen molar-refractivity contribution in [1.29, 1.82) is 0 Å². The van der Waals surface area contributed by atoms with Crippen LogP contribution in [0.1, 0.15) is 24.5 Å². The van der Waals surface area contributed by atoms with E-state index >= 15 is 0 Å². The van der Waals surface area contributed by atoms with Gasteiger partial charge in [0.05, 0.1) is 6.42 Å². The van der Waals surface area contributed by atoms with Gasteiger partial charge in [0.1, 0.15) is 0 Å². The summed E-state index contributed by atoms with van der Waals surface area (Å²) in [4.78, 5) is 28.8. The minimum Gasteiger partial charge on any atom is -0.339 e. The van der Waals surface area contributed by atoms with Gasteiger partial charge in [0.25, 0.3) is 0 Å². The average molecular weight is 318 g/mol. The molecule has 0 bridgehead atoms. The van der Waals surface area contributed by atoms with Crippen LogP contribution in [0.15, 0.2) is 23.1 Å². The summed E-state index contributed by atoms with van der Waals surface area (Å²) in [6, 6.07) is 6.45. The third kappa shape index (κ3) is 3.46. The third-order valence-electron chi connectivity index (χ3n) is 4.41. The number of rotatable bonds is 2. The van der Waals surface area contributed by atoms with Crippen molar-refractivity contribution < 1.29 is 9.59 Å². The van der Waals surface area contributed by atoms with E-state index in [2.05, 4.69) is 18.2 Å². The van der Waals surface area contributed by atoms with Gasteiger partial charge >= 0.3 is 0 Å². The minimum atomic E-state index is 0.0966. The van der Waals surface area contributed by atoms with Gasteiger partial charge in [-0.15, -0.1) is 11.8 Å². The van der Waals surface area contributed by atoms with Crippen LogP contribution < -0.4 is 0 Å². The van der Waals surface area contributed by atoms with Crippen molar-refractivity contribution in [1.82, 2.24) is 9.80 Å². The molecule has 1 fully saturated rings. The van der Waals surface area contributed by atoms with Gasteiger partial charge in [0, 0.05) is 38.0 Å². The molecule has 0 aromatic heterocycles. The first-order chi connectivity index (χ1) is 10.6. The highest BCUT2D eigenvalue weighted by atomic mass is 32.2.